The lowest BCUT2D eigenvalue weighted by atomic mass is 9.93. The molecule has 128 valence electrons. The van der Waals surface area contributed by atoms with Gasteiger partial charge in [-0.15, -0.1) is 0 Å². The van der Waals surface area contributed by atoms with Gasteiger partial charge in [-0.05, 0) is 36.3 Å². The number of fused-ring (bicyclic) bond motifs is 1. The van der Waals surface area contributed by atoms with Crippen molar-refractivity contribution in [1.29, 1.82) is 0 Å². The van der Waals surface area contributed by atoms with E-state index in [2.05, 4.69) is 0 Å². The molecule has 0 bridgehead atoms. The molecule has 2 amide bonds. The molecule has 3 rings (SSSR count). The van der Waals surface area contributed by atoms with Crippen LogP contribution in [0.15, 0.2) is 60.8 Å². The minimum absolute atomic E-state index is 0.00931. The standard InChI is InChI=1S/C21H22N2O2/c1-3-22(18-10-5-4-6-11-18)21(25)15-20-19-12-8-7-9-17(19)13-14-23(20)16(2)24/h4-14,20H,3,15H2,1-2H3. The number of nitrogens with zero attached hydrogens (tertiary/aromatic N) is 2. The lowest BCUT2D eigenvalue weighted by Crippen LogP contribution is -2.37. The summed E-state index contributed by atoms with van der Waals surface area (Å²) in [6, 6.07) is 17.3. The SMILES string of the molecule is CCN(C(=O)CC1c2ccccc2C=CN1C(C)=O)c1ccccc1. The number of para-hydroxylation sites is 1. The second kappa shape index (κ2) is 7.34. The van der Waals surface area contributed by atoms with Crippen LogP contribution in [0, 0.1) is 0 Å². The maximum absolute atomic E-state index is 13.0. The third-order valence-electron chi connectivity index (χ3n) is 4.52. The Morgan fingerprint density at radius 1 is 1.04 bits per heavy atom. The maximum Gasteiger partial charge on any atom is 0.229 e. The Morgan fingerprint density at radius 3 is 2.40 bits per heavy atom. The van der Waals surface area contributed by atoms with Crippen LogP contribution in [0.25, 0.3) is 6.08 Å². The zero-order valence-electron chi connectivity index (χ0n) is 14.6. The monoisotopic (exact) mass is 334 g/mol. The number of carbonyl (C=O) groups excluding carboxylic acids is 2. The van der Waals surface area contributed by atoms with E-state index in [1.165, 1.54) is 6.92 Å². The Morgan fingerprint density at radius 2 is 1.72 bits per heavy atom. The van der Waals surface area contributed by atoms with Crippen LogP contribution in [0.3, 0.4) is 0 Å². The van der Waals surface area contributed by atoms with E-state index >= 15 is 0 Å². The molecule has 1 atom stereocenters. The molecule has 1 unspecified atom stereocenters. The highest BCUT2D eigenvalue weighted by atomic mass is 16.2. The number of rotatable bonds is 4. The summed E-state index contributed by atoms with van der Waals surface area (Å²) in [5.74, 6) is -0.0543. The van der Waals surface area contributed by atoms with Gasteiger partial charge in [0, 0.05) is 25.4 Å². The van der Waals surface area contributed by atoms with Gasteiger partial charge in [0.2, 0.25) is 11.8 Å². The first-order chi connectivity index (χ1) is 12.1. The zero-order valence-corrected chi connectivity index (χ0v) is 14.6. The minimum Gasteiger partial charge on any atom is -0.313 e. The van der Waals surface area contributed by atoms with Gasteiger partial charge < -0.3 is 9.80 Å². The first-order valence-corrected chi connectivity index (χ1v) is 8.53. The van der Waals surface area contributed by atoms with E-state index < -0.39 is 0 Å². The van der Waals surface area contributed by atoms with Crippen molar-refractivity contribution in [1.82, 2.24) is 4.90 Å². The molecule has 0 saturated carbocycles. The van der Waals surface area contributed by atoms with E-state index in [0.29, 0.717) is 6.54 Å². The molecular formula is C21H22N2O2. The van der Waals surface area contributed by atoms with E-state index in [-0.39, 0.29) is 24.3 Å². The van der Waals surface area contributed by atoms with Crippen molar-refractivity contribution in [2.24, 2.45) is 0 Å². The average molecular weight is 334 g/mol. The molecule has 0 aliphatic carbocycles. The molecule has 0 aromatic heterocycles. The van der Waals surface area contributed by atoms with Crippen LogP contribution in [-0.4, -0.2) is 23.3 Å². The fraction of sp³-hybridized carbons (Fsp3) is 0.238. The summed E-state index contributed by atoms with van der Waals surface area (Å²) in [6.45, 7) is 4.08. The van der Waals surface area contributed by atoms with Crippen LogP contribution in [0.2, 0.25) is 0 Å². The molecular weight excluding hydrogens is 312 g/mol. The minimum atomic E-state index is -0.274. The Kier molecular flexibility index (Phi) is 4.98. The first kappa shape index (κ1) is 17.0. The van der Waals surface area contributed by atoms with Crippen molar-refractivity contribution in [2.75, 3.05) is 11.4 Å². The van der Waals surface area contributed by atoms with Gasteiger partial charge in [0.15, 0.2) is 0 Å². The van der Waals surface area contributed by atoms with Gasteiger partial charge >= 0.3 is 0 Å². The van der Waals surface area contributed by atoms with Crippen molar-refractivity contribution >= 4 is 23.6 Å². The number of amides is 2. The molecule has 0 fully saturated rings. The van der Waals surface area contributed by atoms with Crippen molar-refractivity contribution in [2.45, 2.75) is 26.3 Å². The molecule has 0 radical (unpaired) electrons. The summed E-state index contributed by atoms with van der Waals surface area (Å²) < 4.78 is 0. The quantitative estimate of drug-likeness (QED) is 0.848. The first-order valence-electron chi connectivity index (χ1n) is 8.53. The van der Waals surface area contributed by atoms with Gasteiger partial charge in [0.25, 0.3) is 0 Å². The van der Waals surface area contributed by atoms with E-state index in [1.54, 1.807) is 16.0 Å². The summed E-state index contributed by atoms with van der Waals surface area (Å²) in [5.41, 5.74) is 2.95. The highest BCUT2D eigenvalue weighted by Crippen LogP contribution is 2.33. The second-order valence-corrected chi connectivity index (χ2v) is 6.06. The molecule has 1 aliphatic rings. The fourth-order valence-electron chi connectivity index (χ4n) is 3.30. The van der Waals surface area contributed by atoms with Crippen molar-refractivity contribution in [3.05, 3.63) is 71.9 Å². The molecule has 4 heteroatoms. The summed E-state index contributed by atoms with van der Waals surface area (Å²) >= 11 is 0. The summed E-state index contributed by atoms with van der Waals surface area (Å²) in [5, 5.41) is 0. The predicted octanol–water partition coefficient (Wildman–Crippen LogP) is 4.00. The molecule has 0 N–H and O–H groups in total. The van der Waals surface area contributed by atoms with Gasteiger partial charge in [-0.2, -0.15) is 0 Å². The van der Waals surface area contributed by atoms with Crippen molar-refractivity contribution in [3.63, 3.8) is 0 Å². The molecule has 1 heterocycles. The van der Waals surface area contributed by atoms with Crippen LogP contribution in [0.4, 0.5) is 5.69 Å². The maximum atomic E-state index is 13.0. The number of hydrogen-bond donors (Lipinski definition) is 0. The van der Waals surface area contributed by atoms with Gasteiger partial charge in [-0.3, -0.25) is 9.59 Å². The number of carbonyl (C=O) groups is 2. The number of hydrogen-bond acceptors (Lipinski definition) is 2. The van der Waals surface area contributed by atoms with Crippen LogP contribution < -0.4 is 4.90 Å². The van der Waals surface area contributed by atoms with E-state index in [4.69, 9.17) is 0 Å². The molecule has 0 saturated heterocycles. The Balaban J connectivity index is 1.89. The van der Waals surface area contributed by atoms with Crippen LogP contribution >= 0.6 is 0 Å². The summed E-state index contributed by atoms with van der Waals surface area (Å²) in [6.07, 6.45) is 3.96. The molecule has 2 aromatic carbocycles. The van der Waals surface area contributed by atoms with E-state index in [1.807, 2.05) is 67.6 Å². The summed E-state index contributed by atoms with van der Waals surface area (Å²) in [4.78, 5) is 28.5. The van der Waals surface area contributed by atoms with Gasteiger partial charge in [-0.25, -0.2) is 0 Å². The molecule has 2 aromatic rings. The van der Waals surface area contributed by atoms with E-state index in [9.17, 15) is 9.59 Å². The summed E-state index contributed by atoms with van der Waals surface area (Å²) in [7, 11) is 0. The smallest absolute Gasteiger partial charge is 0.229 e. The number of anilines is 1. The number of benzene rings is 2. The zero-order chi connectivity index (χ0) is 17.8. The molecule has 0 spiro atoms. The van der Waals surface area contributed by atoms with Crippen LogP contribution in [0.1, 0.15) is 37.4 Å². The third-order valence-corrected chi connectivity index (χ3v) is 4.52. The normalized spacial score (nSPS) is 15.6. The predicted molar refractivity (Wildman–Crippen MR) is 99.8 cm³/mol. The average Bonchev–Trinajstić information content (AvgIpc) is 2.63. The van der Waals surface area contributed by atoms with Crippen LogP contribution in [-0.2, 0) is 9.59 Å². The van der Waals surface area contributed by atoms with Crippen molar-refractivity contribution < 1.29 is 9.59 Å². The Labute approximate surface area is 148 Å². The Hall–Kier alpha value is -2.88. The third kappa shape index (κ3) is 3.48. The Bertz CT molecular complexity index is 799. The fourth-order valence-corrected chi connectivity index (χ4v) is 3.30. The lowest BCUT2D eigenvalue weighted by Gasteiger charge is -2.33. The van der Waals surface area contributed by atoms with Gasteiger partial charge in [0.05, 0.1) is 12.5 Å². The van der Waals surface area contributed by atoms with Gasteiger partial charge in [-0.1, -0.05) is 42.5 Å². The molecule has 1 aliphatic heterocycles. The van der Waals surface area contributed by atoms with Crippen LogP contribution in [0.5, 0.6) is 0 Å². The van der Waals surface area contributed by atoms with Gasteiger partial charge in [0.1, 0.15) is 0 Å². The molecule has 4 nitrogen and oxygen atoms in total. The highest BCUT2D eigenvalue weighted by Gasteiger charge is 2.29. The second-order valence-electron chi connectivity index (χ2n) is 6.06. The van der Waals surface area contributed by atoms with Crippen molar-refractivity contribution in [3.8, 4) is 0 Å². The topological polar surface area (TPSA) is 40.6 Å². The molecule has 25 heavy (non-hydrogen) atoms. The lowest BCUT2D eigenvalue weighted by molar-refractivity contribution is -0.129. The largest absolute Gasteiger partial charge is 0.313 e. The van der Waals surface area contributed by atoms with E-state index in [0.717, 1.165) is 16.8 Å². The highest BCUT2D eigenvalue weighted by molar-refractivity contribution is 5.94.